The zero-order valence-corrected chi connectivity index (χ0v) is 31.9. The molecule has 3 aliphatic rings. The van der Waals surface area contributed by atoms with E-state index in [4.69, 9.17) is 4.74 Å². The molecule has 0 saturated carbocycles. The third kappa shape index (κ3) is 7.71. The van der Waals surface area contributed by atoms with Crippen LogP contribution in [0, 0.1) is 0 Å². The molecular weight excluding hydrogens is 709 g/mol. The Kier molecular flexibility index (Phi) is 10.1. The lowest BCUT2D eigenvalue weighted by Gasteiger charge is -2.26. The number of sulfone groups is 2. The van der Waals surface area contributed by atoms with Gasteiger partial charge in [0.05, 0.1) is 19.6 Å². The van der Waals surface area contributed by atoms with Crippen molar-refractivity contribution < 1.29 is 26.4 Å². The summed E-state index contributed by atoms with van der Waals surface area (Å²) in [5.41, 5.74) is 4.74. The van der Waals surface area contributed by atoms with Crippen molar-refractivity contribution in [1.29, 1.82) is 0 Å². The molecule has 1 fully saturated rings. The predicted octanol–water partition coefficient (Wildman–Crippen LogP) is 7.12. The van der Waals surface area contributed by atoms with E-state index in [1.807, 2.05) is 45.0 Å². The molecule has 278 valence electrons. The van der Waals surface area contributed by atoms with Crippen LogP contribution in [0.2, 0.25) is 0 Å². The monoisotopic (exact) mass is 754 g/mol. The fourth-order valence-corrected chi connectivity index (χ4v) is 10.1. The Balaban J connectivity index is 0.000000170. The Bertz CT molecular complexity index is 2340. The van der Waals surface area contributed by atoms with Gasteiger partial charge in [0.2, 0.25) is 19.7 Å². The van der Waals surface area contributed by atoms with Crippen LogP contribution in [-0.4, -0.2) is 70.6 Å². The van der Waals surface area contributed by atoms with Crippen LogP contribution in [0.25, 0.3) is 10.9 Å². The van der Waals surface area contributed by atoms with Crippen LogP contribution in [0.5, 0.6) is 0 Å². The first kappa shape index (κ1) is 36.7. The number of hydrogen-bond acceptors (Lipinski definition) is 8. The molecule has 12 heteroatoms. The fraction of sp³-hybridized carbons (Fsp3) is 0.341. The molecular formula is C41H46N4O6S2. The average molecular weight is 755 g/mol. The number of nitrogens with zero attached hydrogens (tertiary/aromatic N) is 1. The number of ether oxygens (including phenoxy) is 1. The van der Waals surface area contributed by atoms with Crippen LogP contribution in [0.4, 0.5) is 10.5 Å². The molecule has 8 rings (SSSR count). The zero-order valence-electron chi connectivity index (χ0n) is 30.3. The van der Waals surface area contributed by atoms with Crippen molar-refractivity contribution >= 4 is 42.4 Å². The molecule has 0 unspecified atom stereocenters. The highest BCUT2D eigenvalue weighted by Gasteiger charge is 2.34. The van der Waals surface area contributed by atoms with Crippen LogP contribution >= 0.6 is 0 Å². The summed E-state index contributed by atoms with van der Waals surface area (Å²) in [4.78, 5) is 18.9. The summed E-state index contributed by atoms with van der Waals surface area (Å²) in [6.07, 6.45) is 3.11. The van der Waals surface area contributed by atoms with Gasteiger partial charge in [-0.2, -0.15) is 0 Å². The maximum absolute atomic E-state index is 13.0. The van der Waals surface area contributed by atoms with Crippen molar-refractivity contribution in [3.05, 3.63) is 114 Å². The number of H-pyrrole nitrogens is 1. The van der Waals surface area contributed by atoms with Crippen LogP contribution in [0.3, 0.4) is 0 Å². The van der Waals surface area contributed by atoms with Gasteiger partial charge in [0.25, 0.3) is 0 Å². The normalized spacial score (nSPS) is 18.7. The van der Waals surface area contributed by atoms with Gasteiger partial charge >= 0.3 is 6.09 Å². The lowest BCUT2D eigenvalue weighted by molar-refractivity contribution is 0.0258. The molecule has 0 bridgehead atoms. The zero-order chi connectivity index (χ0) is 37.4. The third-order valence-electron chi connectivity index (χ3n) is 10.1. The maximum atomic E-state index is 13.0. The third-order valence-corrected chi connectivity index (χ3v) is 13.7. The van der Waals surface area contributed by atoms with Gasteiger partial charge in [0.1, 0.15) is 5.60 Å². The number of hydrogen-bond donors (Lipinski definition) is 3. The number of anilines is 1. The van der Waals surface area contributed by atoms with Crippen molar-refractivity contribution in [3.63, 3.8) is 0 Å². The summed E-state index contributed by atoms with van der Waals surface area (Å²) in [5.74, 6) is 0.394. The molecule has 3 N–H and O–H groups in total. The van der Waals surface area contributed by atoms with Crippen LogP contribution in [0.15, 0.2) is 117 Å². The second-order valence-electron chi connectivity index (χ2n) is 14.8. The SMILES string of the molecule is CC(C)(C)OC(=O)N1CCc2[nH]c3ccc(S(=O)(=O)c4ccccc4)cc3c2CC1.O=S(=O)(c1ccccc1)c1ccc2c(c1)[C@H]1CCNCC[C@@H]1N2. The van der Waals surface area contributed by atoms with E-state index in [0.717, 1.165) is 59.3 Å². The molecule has 4 aromatic carbocycles. The number of aromatic nitrogens is 1. The maximum Gasteiger partial charge on any atom is 0.410 e. The predicted molar refractivity (Wildman–Crippen MR) is 206 cm³/mol. The van der Waals surface area contributed by atoms with Crippen molar-refractivity contribution in [2.45, 2.75) is 83.6 Å². The van der Waals surface area contributed by atoms with E-state index < -0.39 is 25.3 Å². The smallest absolute Gasteiger partial charge is 0.410 e. The number of rotatable bonds is 4. The minimum atomic E-state index is -3.59. The van der Waals surface area contributed by atoms with Crippen LogP contribution in [-0.2, 0) is 37.3 Å². The summed E-state index contributed by atoms with van der Waals surface area (Å²) in [6, 6.07) is 28.3. The Morgan fingerprint density at radius 2 is 1.34 bits per heavy atom. The molecule has 1 aromatic heterocycles. The number of benzene rings is 4. The molecule has 3 aliphatic heterocycles. The summed E-state index contributed by atoms with van der Waals surface area (Å²) in [5, 5.41) is 7.88. The van der Waals surface area contributed by atoms with Gasteiger partial charge in [0, 0.05) is 53.8 Å². The summed E-state index contributed by atoms with van der Waals surface area (Å²) >= 11 is 0. The highest BCUT2D eigenvalue weighted by atomic mass is 32.2. The van der Waals surface area contributed by atoms with Gasteiger partial charge in [-0.25, -0.2) is 21.6 Å². The number of aromatic amines is 1. The molecule has 4 heterocycles. The lowest BCUT2D eigenvalue weighted by atomic mass is 9.91. The van der Waals surface area contributed by atoms with E-state index in [2.05, 4.69) is 15.6 Å². The van der Waals surface area contributed by atoms with Crippen molar-refractivity contribution in [2.24, 2.45) is 0 Å². The van der Waals surface area contributed by atoms with E-state index >= 15 is 0 Å². The number of carbonyl (C=O) groups excluding carboxylic acids is 1. The number of amides is 1. The largest absolute Gasteiger partial charge is 0.444 e. The number of carbonyl (C=O) groups is 1. The Morgan fingerprint density at radius 3 is 2.00 bits per heavy atom. The van der Waals surface area contributed by atoms with Crippen LogP contribution in [0.1, 0.15) is 56.4 Å². The molecule has 0 aliphatic carbocycles. The Labute approximate surface area is 311 Å². The summed E-state index contributed by atoms with van der Waals surface area (Å²) < 4.78 is 57.2. The summed E-state index contributed by atoms with van der Waals surface area (Å²) in [6.45, 7) is 8.65. The Morgan fingerprint density at radius 1 is 0.736 bits per heavy atom. The molecule has 2 atom stereocenters. The molecule has 0 spiro atoms. The van der Waals surface area contributed by atoms with Crippen molar-refractivity contribution in [2.75, 3.05) is 31.5 Å². The van der Waals surface area contributed by atoms with Gasteiger partial charge in [0.15, 0.2) is 0 Å². The first-order valence-corrected chi connectivity index (χ1v) is 21.1. The van der Waals surface area contributed by atoms with E-state index in [1.165, 1.54) is 0 Å². The van der Waals surface area contributed by atoms with E-state index in [9.17, 15) is 21.6 Å². The minimum Gasteiger partial charge on any atom is -0.444 e. The first-order chi connectivity index (χ1) is 25.3. The number of fused-ring (bicyclic) bond motifs is 6. The van der Waals surface area contributed by atoms with Crippen molar-refractivity contribution in [1.82, 2.24) is 15.2 Å². The van der Waals surface area contributed by atoms with E-state index in [1.54, 1.807) is 77.7 Å². The minimum absolute atomic E-state index is 0.274. The molecule has 10 nitrogen and oxygen atoms in total. The molecule has 1 amide bonds. The van der Waals surface area contributed by atoms with Crippen LogP contribution < -0.4 is 10.6 Å². The molecule has 0 radical (unpaired) electrons. The molecule has 1 saturated heterocycles. The topological polar surface area (TPSA) is 138 Å². The second-order valence-corrected chi connectivity index (χ2v) is 18.7. The van der Waals surface area contributed by atoms with Crippen molar-refractivity contribution in [3.8, 4) is 0 Å². The highest BCUT2D eigenvalue weighted by Crippen LogP contribution is 2.41. The Hall–Kier alpha value is -4.65. The standard InChI is InChI=1S/C23H26N2O4S.C18H20N2O2S/c1-23(2,3)29-22(26)25-13-11-18-19-15-17(9-10-20(19)24-21(18)12-14-25)30(27,28)16-7-5-4-6-8-16;21-23(22,13-4-2-1-3-5-13)14-6-7-17-16(12-14)15-8-10-19-11-9-18(15)20-17/h4-10,15,24H,11-14H2,1-3H3;1-7,12,15,18-20H,8-11H2/t;15-,18+/m.1/s1. The van der Waals surface area contributed by atoms with E-state index in [0.29, 0.717) is 47.7 Å². The van der Waals surface area contributed by atoms with Gasteiger partial charge in [-0.05, 0) is 125 Å². The van der Waals surface area contributed by atoms with Gasteiger partial charge < -0.3 is 25.3 Å². The van der Waals surface area contributed by atoms with Gasteiger partial charge in [-0.3, -0.25) is 0 Å². The quantitative estimate of drug-likeness (QED) is 0.177. The highest BCUT2D eigenvalue weighted by molar-refractivity contribution is 7.91. The first-order valence-electron chi connectivity index (χ1n) is 18.1. The summed E-state index contributed by atoms with van der Waals surface area (Å²) in [7, 11) is -7.04. The van der Waals surface area contributed by atoms with E-state index in [-0.39, 0.29) is 15.9 Å². The van der Waals surface area contributed by atoms with Gasteiger partial charge in [-0.15, -0.1) is 0 Å². The lowest BCUT2D eigenvalue weighted by Crippen LogP contribution is -2.38. The second kappa shape index (κ2) is 14.6. The molecule has 53 heavy (non-hydrogen) atoms. The fourth-order valence-electron chi connectivity index (χ4n) is 7.47. The number of nitrogens with one attached hydrogen (secondary N) is 3. The average Bonchev–Trinajstić information content (AvgIpc) is 3.46. The molecule has 5 aromatic rings. The van der Waals surface area contributed by atoms with Gasteiger partial charge in [-0.1, -0.05) is 36.4 Å².